The minimum atomic E-state index is -4.85. The highest BCUT2D eigenvalue weighted by Crippen LogP contribution is 2.45. The quantitative estimate of drug-likeness (QED) is 0.209. The fourth-order valence-electron chi connectivity index (χ4n) is 3.40. The van der Waals surface area contributed by atoms with E-state index >= 15 is 0 Å². The van der Waals surface area contributed by atoms with Crippen molar-refractivity contribution in [1.82, 2.24) is 4.98 Å². The first kappa shape index (κ1) is 25.1. The number of hydrogen-bond acceptors (Lipinski definition) is 7. The third-order valence-electron chi connectivity index (χ3n) is 5.16. The van der Waals surface area contributed by atoms with Gasteiger partial charge < -0.3 is 14.3 Å². The second-order valence-corrected chi connectivity index (χ2v) is 9.70. The first-order valence-electron chi connectivity index (χ1n) is 10.1. The van der Waals surface area contributed by atoms with Crippen molar-refractivity contribution >= 4 is 34.1 Å². The molecule has 2 aromatic carbocycles. The van der Waals surface area contributed by atoms with Gasteiger partial charge in [0.2, 0.25) is 0 Å². The summed E-state index contributed by atoms with van der Waals surface area (Å²) in [6, 6.07) is 11.9. The van der Waals surface area contributed by atoms with Gasteiger partial charge in [0.15, 0.2) is 9.94 Å². The summed E-state index contributed by atoms with van der Waals surface area (Å²) in [4.78, 5) is 16.4. The maximum Gasteiger partial charge on any atom is 0.422 e. The van der Waals surface area contributed by atoms with Crippen molar-refractivity contribution in [1.29, 1.82) is 0 Å². The zero-order valence-corrected chi connectivity index (χ0v) is 19.4. The van der Waals surface area contributed by atoms with E-state index in [1.54, 1.807) is 18.2 Å². The Morgan fingerprint density at radius 1 is 1.17 bits per heavy atom. The zero-order chi connectivity index (χ0) is 25.4. The Labute approximate surface area is 203 Å². The molecule has 0 aliphatic heterocycles. The first-order valence-corrected chi connectivity index (χ1v) is 11.7. The molecule has 0 amide bonds. The summed E-state index contributed by atoms with van der Waals surface area (Å²) >= 11 is 1.76. The van der Waals surface area contributed by atoms with Crippen LogP contribution in [0.15, 0.2) is 73.2 Å². The highest BCUT2D eigenvalue weighted by molar-refractivity contribution is 8.01. The van der Waals surface area contributed by atoms with Crippen LogP contribution in [0.25, 0.3) is 22.1 Å². The lowest BCUT2D eigenvalue weighted by Gasteiger charge is -2.27. The van der Waals surface area contributed by atoms with Gasteiger partial charge >= 0.3 is 18.4 Å². The number of alkyl halides is 5. The van der Waals surface area contributed by atoms with E-state index in [0.29, 0.717) is 32.7 Å². The predicted molar refractivity (Wildman–Crippen MR) is 121 cm³/mol. The van der Waals surface area contributed by atoms with Crippen molar-refractivity contribution in [2.24, 2.45) is 0 Å². The number of hydrogen-bond donors (Lipinski definition) is 1. The van der Waals surface area contributed by atoms with Gasteiger partial charge in [0.25, 0.3) is 0 Å². The average molecular weight is 530 g/mol. The summed E-state index contributed by atoms with van der Waals surface area (Å²) in [5.41, 5.74) is -2.59. The highest BCUT2D eigenvalue weighted by atomic mass is 32.2. The van der Waals surface area contributed by atoms with Gasteiger partial charge in [-0.2, -0.15) is 22.0 Å². The van der Waals surface area contributed by atoms with E-state index in [4.69, 9.17) is 4.42 Å². The molecule has 5 nitrogen and oxygen atoms in total. The third kappa shape index (κ3) is 5.19. The van der Waals surface area contributed by atoms with Crippen LogP contribution in [0.1, 0.15) is 18.2 Å². The van der Waals surface area contributed by atoms with Gasteiger partial charge in [0, 0.05) is 22.5 Å². The van der Waals surface area contributed by atoms with Crippen LogP contribution in [-0.2, 0) is 5.60 Å². The van der Waals surface area contributed by atoms with E-state index < -0.39 is 30.4 Å². The predicted octanol–water partition coefficient (Wildman–Crippen LogP) is 6.83. The number of aliphatic hydroxyl groups is 1. The molecule has 4 aromatic rings. The van der Waals surface area contributed by atoms with Crippen LogP contribution in [0.2, 0.25) is 0 Å². The van der Waals surface area contributed by atoms with Gasteiger partial charge in [0.05, 0.1) is 4.88 Å². The highest BCUT2D eigenvalue weighted by Gasteiger charge is 2.54. The van der Waals surface area contributed by atoms with Gasteiger partial charge in [-0.25, -0.2) is 9.78 Å². The normalized spacial score (nSPS) is 13.8. The Morgan fingerprint density at radius 2 is 1.94 bits per heavy atom. The van der Waals surface area contributed by atoms with Crippen LogP contribution in [0.3, 0.4) is 0 Å². The molecule has 0 bridgehead atoms. The van der Waals surface area contributed by atoms with Crippen LogP contribution in [-0.4, -0.2) is 22.9 Å². The van der Waals surface area contributed by atoms with E-state index in [-0.39, 0.29) is 20.5 Å². The summed E-state index contributed by atoms with van der Waals surface area (Å²) in [6.45, 7) is -1.77. The molecule has 0 aliphatic carbocycles. The van der Waals surface area contributed by atoms with Crippen LogP contribution >= 0.6 is 23.1 Å². The summed E-state index contributed by atoms with van der Waals surface area (Å²) in [7, 11) is 0. The monoisotopic (exact) mass is 529 g/mol. The lowest BCUT2D eigenvalue weighted by atomic mass is 9.99. The van der Waals surface area contributed by atoms with Crippen LogP contribution in [0, 0.1) is 0 Å². The lowest BCUT2D eigenvalue weighted by Crippen LogP contribution is -2.40. The SMILES string of the molecule is CCC(O)(c1cnc(Sc2ccc3c(-c4cccc(OC(F)F)c4)cc(=O)oc3c2)s1)C(F)(F)F. The molecule has 0 saturated heterocycles. The Kier molecular flexibility index (Phi) is 6.89. The number of nitrogens with zero attached hydrogens (tertiary/aromatic N) is 1. The smallest absolute Gasteiger partial charge is 0.422 e. The summed E-state index contributed by atoms with van der Waals surface area (Å²) in [5.74, 6) is -0.0727. The molecular formula is C23H16F5NO4S2. The fraction of sp³-hybridized carbons (Fsp3) is 0.217. The van der Waals surface area contributed by atoms with E-state index in [1.165, 1.54) is 37.3 Å². The number of fused-ring (bicyclic) bond motifs is 1. The summed E-state index contributed by atoms with van der Waals surface area (Å²) < 4.78 is 75.1. The van der Waals surface area contributed by atoms with Gasteiger partial charge in [-0.3, -0.25) is 0 Å². The standard InChI is InChI=1S/C23H16F5NO4S2/c1-2-22(31,23(26,27)28)18-11-29-21(35-18)34-14-6-7-15-16(10-19(30)33-17(15)9-14)12-4-3-5-13(8-12)32-20(24)25/h3-11,20,31H,2H2,1H3. The van der Waals surface area contributed by atoms with Gasteiger partial charge in [-0.05, 0) is 47.9 Å². The van der Waals surface area contributed by atoms with Crippen molar-refractivity contribution in [3.8, 4) is 16.9 Å². The van der Waals surface area contributed by atoms with E-state index in [2.05, 4.69) is 9.72 Å². The van der Waals surface area contributed by atoms with E-state index in [1.807, 2.05) is 0 Å². The van der Waals surface area contributed by atoms with E-state index in [0.717, 1.165) is 18.0 Å². The molecule has 4 rings (SSSR count). The first-order chi connectivity index (χ1) is 16.5. The molecular weight excluding hydrogens is 513 g/mol. The summed E-state index contributed by atoms with van der Waals surface area (Å²) in [6.07, 6.45) is -4.41. The average Bonchev–Trinajstić information content (AvgIpc) is 3.25. The number of aromatic nitrogens is 1. The van der Waals surface area contributed by atoms with Crippen molar-refractivity contribution in [2.45, 2.75) is 41.0 Å². The van der Waals surface area contributed by atoms with Crippen LogP contribution < -0.4 is 10.4 Å². The molecule has 1 N–H and O–H groups in total. The second kappa shape index (κ2) is 9.59. The fourth-order valence-corrected chi connectivity index (χ4v) is 5.56. The van der Waals surface area contributed by atoms with Crippen molar-refractivity contribution in [2.75, 3.05) is 0 Å². The Balaban J connectivity index is 1.67. The second-order valence-electron chi connectivity index (χ2n) is 7.35. The van der Waals surface area contributed by atoms with Crippen LogP contribution in [0.5, 0.6) is 5.75 Å². The molecule has 2 aromatic heterocycles. The molecule has 1 atom stereocenters. The maximum absolute atomic E-state index is 13.3. The molecule has 0 spiro atoms. The molecule has 0 fully saturated rings. The number of rotatable bonds is 7. The Morgan fingerprint density at radius 3 is 2.63 bits per heavy atom. The molecule has 184 valence electrons. The zero-order valence-electron chi connectivity index (χ0n) is 17.8. The number of benzene rings is 2. The molecule has 35 heavy (non-hydrogen) atoms. The van der Waals surface area contributed by atoms with Crippen molar-refractivity contribution in [3.05, 3.63) is 70.0 Å². The van der Waals surface area contributed by atoms with Crippen LogP contribution in [0.4, 0.5) is 22.0 Å². The number of halogens is 5. The summed E-state index contributed by atoms with van der Waals surface area (Å²) in [5, 5.41) is 10.6. The van der Waals surface area contributed by atoms with E-state index in [9.17, 15) is 31.9 Å². The minimum absolute atomic E-state index is 0.0727. The van der Waals surface area contributed by atoms with Crippen molar-refractivity contribution < 1.29 is 36.2 Å². The van der Waals surface area contributed by atoms with Crippen molar-refractivity contribution in [3.63, 3.8) is 0 Å². The van der Waals surface area contributed by atoms with Gasteiger partial charge in [0.1, 0.15) is 11.3 Å². The molecule has 0 radical (unpaired) electrons. The molecule has 0 aliphatic rings. The van der Waals surface area contributed by atoms with Gasteiger partial charge in [-0.1, -0.05) is 30.8 Å². The molecule has 1 unspecified atom stereocenters. The van der Waals surface area contributed by atoms with Gasteiger partial charge in [-0.15, -0.1) is 11.3 Å². The largest absolute Gasteiger partial charge is 0.435 e. The molecule has 0 saturated carbocycles. The third-order valence-corrected chi connectivity index (χ3v) is 7.38. The molecule has 2 heterocycles. The maximum atomic E-state index is 13.3. The lowest BCUT2D eigenvalue weighted by molar-refractivity contribution is -0.266. The number of thiazole rings is 1. The number of ether oxygens (including phenoxy) is 1. The molecule has 12 heteroatoms. The Hall–Kier alpha value is -2.96. The topological polar surface area (TPSA) is 72.6 Å². The minimum Gasteiger partial charge on any atom is -0.435 e. The Bertz CT molecular complexity index is 1420.